The maximum absolute atomic E-state index is 13.7. The van der Waals surface area contributed by atoms with Crippen LogP contribution in [0.3, 0.4) is 0 Å². The molecule has 3 aromatic heterocycles. The quantitative estimate of drug-likeness (QED) is 0.254. The molecule has 1 aromatic carbocycles. The third kappa shape index (κ3) is 5.26. The number of methoxy groups -OCH3 is 1. The van der Waals surface area contributed by atoms with E-state index in [1.165, 1.54) is 13.3 Å². The summed E-state index contributed by atoms with van der Waals surface area (Å²) in [6.07, 6.45) is 2.26. The van der Waals surface area contributed by atoms with Gasteiger partial charge in [0, 0.05) is 47.3 Å². The smallest absolute Gasteiger partial charge is 0.363 e. The number of nitrogens with one attached hydrogen (secondary N) is 1. The topological polar surface area (TPSA) is 138 Å². The highest BCUT2D eigenvalue weighted by atomic mass is 32.1. The second-order valence-corrected chi connectivity index (χ2v) is 10.3. The first kappa shape index (κ1) is 26.5. The van der Waals surface area contributed by atoms with E-state index in [0.717, 1.165) is 22.4 Å². The predicted molar refractivity (Wildman–Crippen MR) is 154 cm³/mol. The van der Waals surface area contributed by atoms with Crippen LogP contribution in [0.4, 0.5) is 17.3 Å². The van der Waals surface area contributed by atoms with Crippen LogP contribution in [-0.2, 0) is 20.7 Å². The van der Waals surface area contributed by atoms with Crippen molar-refractivity contribution in [2.24, 2.45) is 0 Å². The molecule has 3 N–H and O–H groups in total. The molecule has 41 heavy (non-hydrogen) atoms. The van der Waals surface area contributed by atoms with E-state index in [1.807, 2.05) is 16.3 Å². The van der Waals surface area contributed by atoms with Gasteiger partial charge in [0.2, 0.25) is 0 Å². The summed E-state index contributed by atoms with van der Waals surface area (Å²) < 4.78 is 16.7. The van der Waals surface area contributed by atoms with Gasteiger partial charge in [-0.05, 0) is 53.4 Å². The Morgan fingerprint density at radius 2 is 1.90 bits per heavy atom. The number of benzene rings is 1. The molecule has 2 aliphatic heterocycles. The number of thiophene rings is 1. The number of nitrogens with zero attached hydrogens (tertiary/aromatic N) is 3. The van der Waals surface area contributed by atoms with Crippen LogP contribution in [0.2, 0.25) is 0 Å². The number of fused-ring (bicyclic) bond motifs is 3. The number of nitrogens with two attached hydrogens (primary N) is 1. The number of carbonyl (C=O) groups excluding carboxylic acids is 2. The number of morpholine rings is 1. The molecule has 12 heteroatoms. The summed E-state index contributed by atoms with van der Waals surface area (Å²) in [6.45, 7) is 2.88. The van der Waals surface area contributed by atoms with Gasteiger partial charge in [0.05, 0.1) is 38.2 Å². The Bertz CT molecular complexity index is 1620. The molecular formula is C29H27N5O6S. The molecule has 11 nitrogen and oxygen atoms in total. The zero-order valence-electron chi connectivity index (χ0n) is 22.2. The van der Waals surface area contributed by atoms with Crippen molar-refractivity contribution in [3.63, 3.8) is 0 Å². The molecule has 2 aliphatic rings. The second-order valence-electron chi connectivity index (χ2n) is 9.36. The Morgan fingerprint density at radius 3 is 2.71 bits per heavy atom. The average molecular weight is 574 g/mol. The van der Waals surface area contributed by atoms with E-state index in [4.69, 9.17) is 24.8 Å². The lowest BCUT2D eigenvalue weighted by atomic mass is 9.94. The monoisotopic (exact) mass is 573 g/mol. The first-order valence-corrected chi connectivity index (χ1v) is 13.9. The van der Waals surface area contributed by atoms with E-state index >= 15 is 0 Å². The van der Waals surface area contributed by atoms with Crippen LogP contribution in [0.5, 0.6) is 5.75 Å². The van der Waals surface area contributed by atoms with Gasteiger partial charge in [-0.15, -0.1) is 11.3 Å². The van der Waals surface area contributed by atoms with E-state index < -0.39 is 11.9 Å². The van der Waals surface area contributed by atoms with Crippen LogP contribution in [-0.4, -0.2) is 61.9 Å². The summed E-state index contributed by atoms with van der Waals surface area (Å²) in [5.41, 5.74) is 11.8. The summed E-state index contributed by atoms with van der Waals surface area (Å²) in [4.78, 5) is 44.0. The number of aromatic nitrogens is 2. The molecule has 1 fully saturated rings. The molecule has 0 radical (unpaired) electrons. The van der Waals surface area contributed by atoms with E-state index in [0.29, 0.717) is 61.3 Å². The second kappa shape index (κ2) is 11.4. The molecule has 0 saturated carbocycles. The zero-order valence-corrected chi connectivity index (χ0v) is 23.0. The molecule has 0 unspecified atom stereocenters. The average Bonchev–Trinajstić information content (AvgIpc) is 3.41. The number of pyridine rings is 2. The highest BCUT2D eigenvalue weighted by Gasteiger charge is 2.28. The molecule has 6 rings (SSSR count). The molecule has 0 amide bonds. The van der Waals surface area contributed by atoms with Crippen molar-refractivity contribution in [3.8, 4) is 27.3 Å². The molecule has 210 valence electrons. The Kier molecular flexibility index (Phi) is 7.40. The fourth-order valence-corrected chi connectivity index (χ4v) is 5.82. The highest BCUT2D eigenvalue weighted by molar-refractivity contribution is 7.13. The van der Waals surface area contributed by atoms with Crippen LogP contribution < -0.4 is 20.9 Å². The van der Waals surface area contributed by atoms with Gasteiger partial charge in [0.15, 0.2) is 11.5 Å². The van der Waals surface area contributed by atoms with Gasteiger partial charge in [-0.3, -0.25) is 0 Å². The molecule has 0 spiro atoms. The van der Waals surface area contributed by atoms with Crippen LogP contribution in [0.25, 0.3) is 21.6 Å². The van der Waals surface area contributed by atoms with Crippen molar-refractivity contribution in [2.75, 3.05) is 56.1 Å². The summed E-state index contributed by atoms with van der Waals surface area (Å²) in [7, 11) is 1.30. The normalized spacial score (nSPS) is 14.2. The van der Waals surface area contributed by atoms with E-state index in [9.17, 15) is 9.59 Å². The van der Waals surface area contributed by atoms with Crippen LogP contribution in [0, 0.1) is 0 Å². The van der Waals surface area contributed by atoms with Gasteiger partial charge in [-0.25, -0.2) is 19.6 Å². The Balaban J connectivity index is 1.47. The lowest BCUT2D eigenvalue weighted by Gasteiger charge is -2.28. The van der Waals surface area contributed by atoms with Crippen molar-refractivity contribution >= 4 is 40.6 Å². The van der Waals surface area contributed by atoms with Crippen molar-refractivity contribution in [1.29, 1.82) is 0 Å². The van der Waals surface area contributed by atoms with Gasteiger partial charge in [0.25, 0.3) is 0 Å². The first-order chi connectivity index (χ1) is 20.0. The summed E-state index contributed by atoms with van der Waals surface area (Å²) in [5, 5.41) is 2.01. The molecular weight excluding hydrogens is 546 g/mol. The van der Waals surface area contributed by atoms with Gasteiger partial charge in [0.1, 0.15) is 11.6 Å². The van der Waals surface area contributed by atoms with Crippen LogP contribution in [0.15, 0.2) is 54.0 Å². The van der Waals surface area contributed by atoms with Gasteiger partial charge in [-0.2, -0.15) is 5.48 Å². The molecule has 5 heterocycles. The van der Waals surface area contributed by atoms with Gasteiger partial charge >= 0.3 is 11.9 Å². The number of anilines is 3. The molecule has 0 aliphatic carbocycles. The third-order valence-electron chi connectivity index (χ3n) is 6.92. The maximum Gasteiger partial charge on any atom is 0.363 e. The van der Waals surface area contributed by atoms with Crippen molar-refractivity contribution in [3.05, 3.63) is 70.9 Å². The minimum Gasteiger partial charge on any atom is -0.493 e. The van der Waals surface area contributed by atoms with Crippen molar-refractivity contribution in [2.45, 2.75) is 6.42 Å². The molecule has 4 aromatic rings. The fourth-order valence-electron chi connectivity index (χ4n) is 4.85. The third-order valence-corrected chi connectivity index (χ3v) is 7.91. The number of esters is 1. The lowest BCUT2D eigenvalue weighted by molar-refractivity contribution is 0.0583. The number of ether oxygens (including phenoxy) is 3. The van der Waals surface area contributed by atoms with Crippen molar-refractivity contribution < 1.29 is 28.6 Å². The van der Waals surface area contributed by atoms with E-state index in [1.54, 1.807) is 41.7 Å². The number of carbonyl (C=O) groups is 2. The molecule has 0 atom stereocenters. The van der Waals surface area contributed by atoms with E-state index in [-0.39, 0.29) is 17.1 Å². The Hall–Kier alpha value is -4.68. The summed E-state index contributed by atoms with van der Waals surface area (Å²) in [5.74, 6) is 0.0668. The first-order valence-electron chi connectivity index (χ1n) is 13.0. The highest BCUT2D eigenvalue weighted by Crippen LogP contribution is 2.43. The minimum atomic E-state index is -0.705. The standard InChI is InChI=1S/C29H27N5O6S/c1-37-29(36)25-18(4-5-24(32-25)34-9-12-38-13-10-34)19-16-23-21(26-17(6-11-39-23)7-14-41-26)15-20(19)28(35)40-33-27-22(30)3-2-8-31-27/h2-5,7-8,14-16H,6,9-13,30H2,1H3,(H,31,33). The SMILES string of the molecule is COC(=O)c1nc(N2CCOCC2)ccc1-c1cc2c(cc1C(=O)ONc1ncccc1N)-c1sccc1CCO2. The number of nitrogen functional groups attached to an aromatic ring is 1. The van der Waals surface area contributed by atoms with Gasteiger partial charge < -0.3 is 29.7 Å². The van der Waals surface area contributed by atoms with Crippen LogP contribution >= 0.6 is 11.3 Å². The lowest BCUT2D eigenvalue weighted by Crippen LogP contribution is -2.37. The Morgan fingerprint density at radius 1 is 1.05 bits per heavy atom. The molecule has 1 saturated heterocycles. The summed E-state index contributed by atoms with van der Waals surface area (Å²) >= 11 is 1.57. The predicted octanol–water partition coefficient (Wildman–Crippen LogP) is 4.20. The zero-order chi connectivity index (χ0) is 28.3. The van der Waals surface area contributed by atoms with Crippen molar-refractivity contribution in [1.82, 2.24) is 9.97 Å². The molecule has 0 bridgehead atoms. The number of rotatable bonds is 6. The number of hydrogen-bond donors (Lipinski definition) is 2. The summed E-state index contributed by atoms with van der Waals surface area (Å²) in [6, 6.07) is 12.4. The van der Waals surface area contributed by atoms with Crippen LogP contribution in [0.1, 0.15) is 26.4 Å². The van der Waals surface area contributed by atoms with Gasteiger partial charge in [-0.1, -0.05) is 0 Å². The van der Waals surface area contributed by atoms with E-state index in [2.05, 4.69) is 21.5 Å². The number of hydrogen-bond acceptors (Lipinski definition) is 12. The maximum atomic E-state index is 13.7. The largest absolute Gasteiger partial charge is 0.493 e. The Labute approximate surface area is 239 Å². The fraction of sp³-hybridized carbons (Fsp3) is 0.241. The minimum absolute atomic E-state index is 0.0675.